The topological polar surface area (TPSA) is 172 Å². The Balaban J connectivity index is 0.925. The van der Waals surface area contributed by atoms with E-state index in [-0.39, 0.29) is 22.7 Å². The third-order valence-corrected chi connectivity index (χ3v) is 14.9. The highest BCUT2D eigenvalue weighted by Gasteiger charge is 2.41. The minimum Gasteiger partial charge on any atom is -0.455 e. The first-order chi connectivity index (χ1) is 29.0. The molecule has 60 heavy (non-hydrogen) atoms. The van der Waals surface area contributed by atoms with E-state index in [0.29, 0.717) is 35.3 Å². The molecule has 3 N–H and O–H groups in total. The average molecular weight is 899 g/mol. The van der Waals surface area contributed by atoms with Crippen molar-refractivity contribution in [2.75, 3.05) is 56.2 Å². The van der Waals surface area contributed by atoms with Gasteiger partial charge in [0.2, 0.25) is 0 Å². The number of nitrogens with zero attached hydrogens (tertiary/aromatic N) is 4. The summed E-state index contributed by atoms with van der Waals surface area (Å²) in [6, 6.07) is 19.3. The van der Waals surface area contributed by atoms with Crippen LogP contribution < -0.4 is 19.7 Å². The molecule has 1 atom stereocenters. The number of benzene rings is 3. The van der Waals surface area contributed by atoms with Crippen LogP contribution in [0.3, 0.4) is 0 Å². The molecule has 1 amide bonds. The van der Waals surface area contributed by atoms with Crippen LogP contribution in [0.15, 0.2) is 88.5 Å². The van der Waals surface area contributed by atoms with Gasteiger partial charge in [-0.3, -0.25) is 19.8 Å². The molecule has 5 aromatic rings. The zero-order chi connectivity index (χ0) is 41.4. The molecule has 314 valence electrons. The van der Waals surface area contributed by atoms with Gasteiger partial charge < -0.3 is 24.7 Å². The number of nitro groups is 1. The van der Waals surface area contributed by atoms with Crippen molar-refractivity contribution in [2.45, 2.75) is 62.3 Å². The summed E-state index contributed by atoms with van der Waals surface area (Å²) in [5.41, 5.74) is 4.41. The summed E-state index contributed by atoms with van der Waals surface area (Å²) in [5, 5.41) is 16.2. The number of piperazine rings is 1. The highest BCUT2D eigenvalue weighted by atomic mass is 79.9. The van der Waals surface area contributed by atoms with Crippen LogP contribution in [0.2, 0.25) is 0 Å². The molecule has 4 aliphatic rings. The lowest BCUT2D eigenvalue weighted by atomic mass is 9.69. The highest BCUT2D eigenvalue weighted by molar-refractivity contribution is 9.10. The Morgan fingerprint density at radius 1 is 1.02 bits per heavy atom. The van der Waals surface area contributed by atoms with Gasteiger partial charge in [-0.25, -0.2) is 18.1 Å². The Labute approximate surface area is 357 Å². The van der Waals surface area contributed by atoms with E-state index >= 15 is 0 Å². The van der Waals surface area contributed by atoms with Crippen molar-refractivity contribution in [2.24, 2.45) is 11.3 Å². The van der Waals surface area contributed by atoms with Crippen molar-refractivity contribution >= 4 is 60.0 Å². The molecule has 3 aromatic carbocycles. The minimum atomic E-state index is -4.54. The Kier molecular flexibility index (Phi) is 11.3. The molecule has 9 rings (SSSR count). The summed E-state index contributed by atoms with van der Waals surface area (Å²) in [6.45, 7) is 5.33. The molecular weight excluding hydrogens is 850 g/mol. The number of amides is 1. The van der Waals surface area contributed by atoms with E-state index in [1.54, 1.807) is 30.5 Å². The van der Waals surface area contributed by atoms with Crippen molar-refractivity contribution in [3.8, 4) is 11.5 Å². The first kappa shape index (κ1) is 40.4. The predicted molar refractivity (Wildman–Crippen MR) is 232 cm³/mol. The number of fused-ring (bicyclic) bond motifs is 2. The summed E-state index contributed by atoms with van der Waals surface area (Å²) in [5.74, 6) is -0.0839. The number of halogens is 1. The van der Waals surface area contributed by atoms with Crippen LogP contribution >= 0.6 is 15.9 Å². The fraction of sp³-hybridized carbons (Fsp3) is 0.409. The Hall–Kier alpha value is -5.03. The second-order valence-corrected chi connectivity index (χ2v) is 19.2. The van der Waals surface area contributed by atoms with Crippen LogP contribution in [0.25, 0.3) is 11.0 Å². The molecule has 4 heterocycles. The third-order valence-electron chi connectivity index (χ3n) is 12.9. The summed E-state index contributed by atoms with van der Waals surface area (Å²) in [7, 11) is -4.54. The zero-order valence-electron chi connectivity index (χ0n) is 33.2. The number of hydrogen-bond acceptors (Lipinski definition) is 11. The van der Waals surface area contributed by atoms with Gasteiger partial charge in [-0.2, -0.15) is 0 Å². The van der Waals surface area contributed by atoms with Gasteiger partial charge in [0.15, 0.2) is 0 Å². The number of ether oxygens (including phenoxy) is 2. The monoisotopic (exact) mass is 897 g/mol. The highest BCUT2D eigenvalue weighted by Crippen LogP contribution is 2.44. The van der Waals surface area contributed by atoms with E-state index in [0.717, 1.165) is 95.1 Å². The second-order valence-electron chi connectivity index (χ2n) is 16.6. The Bertz CT molecular complexity index is 2530. The quantitative estimate of drug-likeness (QED) is 0.0661. The van der Waals surface area contributed by atoms with Gasteiger partial charge in [0, 0.05) is 78.1 Å². The van der Waals surface area contributed by atoms with Gasteiger partial charge in [0.05, 0.1) is 34.8 Å². The number of hydrogen-bond donors (Lipinski definition) is 3. The number of H-pyrrole nitrogens is 1. The molecule has 0 radical (unpaired) electrons. The molecule has 2 saturated heterocycles. The number of carbonyl (C=O) groups excluding carboxylic acids is 1. The number of sulfonamides is 1. The van der Waals surface area contributed by atoms with Crippen LogP contribution in [0.5, 0.6) is 11.5 Å². The van der Waals surface area contributed by atoms with Gasteiger partial charge in [0.1, 0.15) is 22.8 Å². The lowest BCUT2D eigenvalue weighted by molar-refractivity contribution is -0.384. The average Bonchev–Trinajstić information content (AvgIpc) is 3.60. The van der Waals surface area contributed by atoms with Crippen LogP contribution in [0, 0.1) is 21.4 Å². The van der Waals surface area contributed by atoms with E-state index in [9.17, 15) is 23.3 Å². The van der Waals surface area contributed by atoms with Gasteiger partial charge in [0.25, 0.3) is 21.6 Å². The number of nitro benzene ring substituents is 1. The number of aromatic nitrogens is 2. The molecule has 2 aromatic heterocycles. The molecule has 3 fully saturated rings. The van der Waals surface area contributed by atoms with Crippen molar-refractivity contribution in [3.05, 3.63) is 110 Å². The van der Waals surface area contributed by atoms with E-state index in [4.69, 9.17) is 9.47 Å². The first-order valence-corrected chi connectivity index (χ1v) is 23.0. The van der Waals surface area contributed by atoms with Gasteiger partial charge in [-0.05, 0) is 104 Å². The van der Waals surface area contributed by atoms with E-state index in [1.165, 1.54) is 46.8 Å². The molecule has 14 nitrogen and oxygen atoms in total. The molecule has 1 saturated carbocycles. The molecular formula is C44H48BrN7O7S. The lowest BCUT2D eigenvalue weighted by Gasteiger charge is -2.46. The van der Waals surface area contributed by atoms with Crippen molar-refractivity contribution in [1.29, 1.82) is 0 Å². The maximum atomic E-state index is 13.9. The number of nitrogens with one attached hydrogen (secondary N) is 3. The third kappa shape index (κ3) is 8.34. The van der Waals surface area contributed by atoms with E-state index in [1.807, 2.05) is 6.07 Å². The number of rotatable bonds is 11. The fourth-order valence-electron chi connectivity index (χ4n) is 9.34. The van der Waals surface area contributed by atoms with Crippen LogP contribution in [0.1, 0.15) is 72.5 Å². The fourth-order valence-corrected chi connectivity index (χ4v) is 10.9. The largest absolute Gasteiger partial charge is 0.455 e. The maximum absolute atomic E-state index is 13.9. The summed E-state index contributed by atoms with van der Waals surface area (Å²) < 4.78 is 42.5. The van der Waals surface area contributed by atoms with Crippen molar-refractivity contribution in [3.63, 3.8) is 0 Å². The molecule has 2 aliphatic carbocycles. The summed E-state index contributed by atoms with van der Waals surface area (Å²) in [4.78, 5) is 37.4. The number of pyridine rings is 1. The molecule has 2 aliphatic heterocycles. The number of carbonyl (C=O) groups is 1. The Morgan fingerprint density at radius 2 is 1.83 bits per heavy atom. The van der Waals surface area contributed by atoms with Crippen LogP contribution in [0.4, 0.5) is 17.1 Å². The van der Waals surface area contributed by atoms with Gasteiger partial charge >= 0.3 is 0 Å². The SMILES string of the molecule is O=C(NS(=O)(=O)c1ccc(NCC2CCC3(CC2)COC3)c([N+](=O)[O-])c1)c1ccc(N2CCN([C@@H]3CCCCc4c(Br)cccc43)CC2)cc1Oc1cnc2[nH]ccc2c1. The first-order valence-electron chi connectivity index (χ1n) is 20.7. The van der Waals surface area contributed by atoms with Crippen LogP contribution in [-0.2, 0) is 21.2 Å². The summed E-state index contributed by atoms with van der Waals surface area (Å²) >= 11 is 3.79. The lowest BCUT2D eigenvalue weighted by Crippen LogP contribution is -2.47. The minimum absolute atomic E-state index is 0.0220. The van der Waals surface area contributed by atoms with E-state index < -0.39 is 25.7 Å². The van der Waals surface area contributed by atoms with Gasteiger partial charge in [-0.15, -0.1) is 0 Å². The van der Waals surface area contributed by atoms with Crippen molar-refractivity contribution < 1.29 is 27.6 Å². The number of anilines is 2. The molecule has 1 spiro atoms. The van der Waals surface area contributed by atoms with Crippen molar-refractivity contribution in [1.82, 2.24) is 19.6 Å². The smallest absolute Gasteiger partial charge is 0.293 e. The van der Waals surface area contributed by atoms with E-state index in [2.05, 4.69) is 63.9 Å². The molecule has 16 heteroatoms. The second kappa shape index (κ2) is 16.8. The summed E-state index contributed by atoms with van der Waals surface area (Å²) in [6.07, 6.45) is 12.0. The normalized spacial score (nSPS) is 19.6. The standard InChI is InChI=1S/C44H48BrN7O7S/c45-37-6-3-5-35-34(37)4-1-2-7-39(35)51-20-18-50(19-21-51)31-8-10-36(41(23-31)59-32-22-30-14-17-46-42(30)48-26-32)43(53)49-60(56,57)33-9-11-38(40(24-33)52(54)55)47-25-29-12-15-44(16-13-29)27-58-28-44/h3,5-6,8-11,14,17,22-24,26,29,39,47H,1-2,4,7,12-13,15-16,18-21,25,27-28H2,(H,46,48)(H,49,53)/t39-/m1/s1. The predicted octanol–water partition coefficient (Wildman–Crippen LogP) is 8.35. The molecule has 0 unspecified atom stereocenters. The van der Waals surface area contributed by atoms with Crippen LogP contribution in [-0.4, -0.2) is 80.1 Å². The Morgan fingerprint density at radius 3 is 2.60 bits per heavy atom. The zero-order valence-corrected chi connectivity index (χ0v) is 35.6. The number of aromatic amines is 1. The molecule has 0 bridgehead atoms. The maximum Gasteiger partial charge on any atom is 0.293 e. The van der Waals surface area contributed by atoms with Gasteiger partial charge in [-0.1, -0.05) is 34.5 Å².